The maximum absolute atomic E-state index is 9.25. The topological polar surface area (TPSA) is 32.3 Å². The average molecular weight is 199 g/mol. The minimum absolute atomic E-state index is 0.0827. The Hall–Kier alpha value is -0.0800. The molecule has 1 aliphatic rings. The zero-order valence-electron chi connectivity index (χ0n) is 9.84. The molecule has 0 spiro atoms. The molecule has 2 heteroatoms. The maximum Gasteiger partial charge on any atom is 0.0496 e. The fourth-order valence-corrected chi connectivity index (χ4v) is 1.86. The number of aliphatic hydroxyl groups is 1. The van der Waals surface area contributed by atoms with Crippen molar-refractivity contribution in [3.8, 4) is 0 Å². The quantitative estimate of drug-likeness (QED) is 0.658. The van der Waals surface area contributed by atoms with Gasteiger partial charge in [-0.05, 0) is 25.2 Å². The van der Waals surface area contributed by atoms with E-state index in [2.05, 4.69) is 26.1 Å². The standard InChI is InChI=1S/C12H25NO/c1-4-6-10-7-11(10)13-8-12(3,5-2)9-14/h10-11,13-14H,4-9H2,1-3H3. The third-order valence-corrected chi connectivity index (χ3v) is 3.61. The normalized spacial score (nSPS) is 30.0. The third-order valence-electron chi connectivity index (χ3n) is 3.61. The lowest BCUT2D eigenvalue weighted by Crippen LogP contribution is -2.36. The van der Waals surface area contributed by atoms with Gasteiger partial charge >= 0.3 is 0 Å². The first-order chi connectivity index (χ1) is 6.65. The van der Waals surface area contributed by atoms with Gasteiger partial charge < -0.3 is 10.4 Å². The molecule has 0 aromatic carbocycles. The highest BCUT2D eigenvalue weighted by atomic mass is 16.3. The zero-order chi connectivity index (χ0) is 10.6. The van der Waals surface area contributed by atoms with Gasteiger partial charge in [0.05, 0.1) is 0 Å². The Morgan fingerprint density at radius 3 is 2.64 bits per heavy atom. The van der Waals surface area contributed by atoms with Crippen LogP contribution in [0, 0.1) is 11.3 Å². The predicted molar refractivity (Wildman–Crippen MR) is 60.3 cm³/mol. The fraction of sp³-hybridized carbons (Fsp3) is 1.00. The first-order valence-corrected chi connectivity index (χ1v) is 5.99. The second-order valence-corrected chi connectivity index (χ2v) is 5.09. The minimum atomic E-state index is 0.0827. The van der Waals surface area contributed by atoms with Crippen LogP contribution in [-0.2, 0) is 0 Å². The van der Waals surface area contributed by atoms with Crippen LogP contribution in [0.15, 0.2) is 0 Å². The summed E-state index contributed by atoms with van der Waals surface area (Å²) in [7, 11) is 0. The number of hydrogen-bond acceptors (Lipinski definition) is 2. The van der Waals surface area contributed by atoms with Gasteiger partial charge in [-0.1, -0.05) is 27.2 Å². The first kappa shape index (κ1) is 12.0. The highest BCUT2D eigenvalue weighted by Crippen LogP contribution is 2.35. The van der Waals surface area contributed by atoms with Crippen molar-refractivity contribution in [3.63, 3.8) is 0 Å². The molecule has 14 heavy (non-hydrogen) atoms. The summed E-state index contributed by atoms with van der Waals surface area (Å²) in [4.78, 5) is 0. The summed E-state index contributed by atoms with van der Waals surface area (Å²) >= 11 is 0. The summed E-state index contributed by atoms with van der Waals surface area (Å²) in [6.07, 6.45) is 5.05. The lowest BCUT2D eigenvalue weighted by molar-refractivity contribution is 0.134. The molecule has 0 aromatic heterocycles. The second kappa shape index (κ2) is 5.13. The van der Waals surface area contributed by atoms with Gasteiger partial charge in [0.2, 0.25) is 0 Å². The molecule has 0 aromatic rings. The Morgan fingerprint density at radius 1 is 1.43 bits per heavy atom. The molecule has 1 rings (SSSR count). The monoisotopic (exact) mass is 199 g/mol. The predicted octanol–water partition coefficient (Wildman–Crippen LogP) is 2.17. The Balaban J connectivity index is 2.15. The highest BCUT2D eigenvalue weighted by molar-refractivity contribution is 4.93. The van der Waals surface area contributed by atoms with Crippen LogP contribution < -0.4 is 5.32 Å². The van der Waals surface area contributed by atoms with Crippen molar-refractivity contribution in [2.75, 3.05) is 13.2 Å². The van der Waals surface area contributed by atoms with E-state index in [1.807, 2.05) is 0 Å². The van der Waals surface area contributed by atoms with Gasteiger partial charge in [-0.25, -0.2) is 0 Å². The molecule has 0 saturated heterocycles. The lowest BCUT2D eigenvalue weighted by Gasteiger charge is -2.26. The molecule has 84 valence electrons. The Bertz CT molecular complexity index is 166. The van der Waals surface area contributed by atoms with E-state index in [1.54, 1.807) is 0 Å². The van der Waals surface area contributed by atoms with E-state index < -0.39 is 0 Å². The van der Waals surface area contributed by atoms with E-state index in [0.717, 1.165) is 24.9 Å². The van der Waals surface area contributed by atoms with E-state index in [-0.39, 0.29) is 5.41 Å². The van der Waals surface area contributed by atoms with Crippen LogP contribution in [0.1, 0.15) is 46.5 Å². The van der Waals surface area contributed by atoms with E-state index in [0.29, 0.717) is 6.61 Å². The van der Waals surface area contributed by atoms with Gasteiger partial charge in [-0.2, -0.15) is 0 Å². The van der Waals surface area contributed by atoms with Crippen LogP contribution in [0.5, 0.6) is 0 Å². The fourth-order valence-electron chi connectivity index (χ4n) is 1.86. The highest BCUT2D eigenvalue weighted by Gasteiger charge is 2.36. The maximum atomic E-state index is 9.25. The van der Waals surface area contributed by atoms with Crippen molar-refractivity contribution in [3.05, 3.63) is 0 Å². The number of hydrogen-bond donors (Lipinski definition) is 2. The molecule has 2 nitrogen and oxygen atoms in total. The summed E-state index contributed by atoms with van der Waals surface area (Å²) in [5, 5.41) is 12.8. The van der Waals surface area contributed by atoms with Crippen LogP contribution >= 0.6 is 0 Å². The minimum Gasteiger partial charge on any atom is -0.396 e. The molecule has 3 unspecified atom stereocenters. The van der Waals surface area contributed by atoms with Crippen molar-refractivity contribution in [1.82, 2.24) is 5.32 Å². The summed E-state index contributed by atoms with van der Waals surface area (Å²) in [5.74, 6) is 0.916. The average Bonchev–Trinajstić information content (AvgIpc) is 2.94. The Labute approximate surface area is 88.1 Å². The largest absolute Gasteiger partial charge is 0.396 e. The van der Waals surface area contributed by atoms with Crippen LogP contribution in [0.3, 0.4) is 0 Å². The zero-order valence-corrected chi connectivity index (χ0v) is 9.84. The van der Waals surface area contributed by atoms with Gasteiger partial charge in [-0.15, -0.1) is 0 Å². The second-order valence-electron chi connectivity index (χ2n) is 5.09. The summed E-state index contributed by atoms with van der Waals surface area (Å²) in [6, 6.07) is 0.743. The molecule has 0 heterocycles. The number of rotatable bonds is 7. The van der Waals surface area contributed by atoms with Gasteiger partial charge in [0.15, 0.2) is 0 Å². The molecule has 1 fully saturated rings. The van der Waals surface area contributed by atoms with Gasteiger partial charge in [0.25, 0.3) is 0 Å². The van der Waals surface area contributed by atoms with Crippen molar-refractivity contribution in [1.29, 1.82) is 0 Å². The van der Waals surface area contributed by atoms with E-state index >= 15 is 0 Å². The van der Waals surface area contributed by atoms with E-state index in [4.69, 9.17) is 0 Å². The Kier molecular flexibility index (Phi) is 4.39. The molecule has 1 saturated carbocycles. The molecule has 0 aliphatic heterocycles. The lowest BCUT2D eigenvalue weighted by atomic mass is 9.88. The number of aliphatic hydroxyl groups excluding tert-OH is 1. The summed E-state index contributed by atoms with van der Waals surface area (Å²) < 4.78 is 0. The molecule has 1 aliphatic carbocycles. The van der Waals surface area contributed by atoms with Gasteiger partial charge in [0, 0.05) is 24.6 Å². The van der Waals surface area contributed by atoms with Gasteiger partial charge in [0.1, 0.15) is 0 Å². The van der Waals surface area contributed by atoms with Crippen LogP contribution in [0.2, 0.25) is 0 Å². The molecular formula is C12H25NO. The molecule has 0 bridgehead atoms. The van der Waals surface area contributed by atoms with Gasteiger partial charge in [-0.3, -0.25) is 0 Å². The summed E-state index contributed by atoms with van der Waals surface area (Å²) in [5.41, 5.74) is 0.0827. The van der Waals surface area contributed by atoms with E-state index in [9.17, 15) is 5.11 Å². The van der Waals surface area contributed by atoms with Crippen molar-refractivity contribution >= 4 is 0 Å². The molecule has 0 radical (unpaired) electrons. The van der Waals surface area contributed by atoms with Crippen LogP contribution in [0.4, 0.5) is 0 Å². The number of nitrogens with one attached hydrogen (secondary N) is 1. The van der Waals surface area contributed by atoms with Crippen molar-refractivity contribution in [2.24, 2.45) is 11.3 Å². The van der Waals surface area contributed by atoms with Crippen molar-refractivity contribution in [2.45, 2.75) is 52.5 Å². The van der Waals surface area contributed by atoms with Crippen LogP contribution in [0.25, 0.3) is 0 Å². The molecule has 2 N–H and O–H groups in total. The SMILES string of the molecule is CCCC1CC1NCC(C)(CC)CO. The van der Waals surface area contributed by atoms with E-state index in [1.165, 1.54) is 19.3 Å². The Morgan fingerprint density at radius 2 is 2.14 bits per heavy atom. The smallest absolute Gasteiger partial charge is 0.0496 e. The third kappa shape index (κ3) is 3.25. The van der Waals surface area contributed by atoms with Crippen LogP contribution in [-0.4, -0.2) is 24.3 Å². The summed E-state index contributed by atoms with van der Waals surface area (Å²) in [6.45, 7) is 7.80. The first-order valence-electron chi connectivity index (χ1n) is 5.99. The molecule has 3 atom stereocenters. The molecular weight excluding hydrogens is 174 g/mol. The molecule has 0 amide bonds. The van der Waals surface area contributed by atoms with Crippen molar-refractivity contribution < 1.29 is 5.11 Å².